The summed E-state index contributed by atoms with van der Waals surface area (Å²) in [5.41, 5.74) is 5.30. The molecule has 0 aliphatic carbocycles. The summed E-state index contributed by atoms with van der Waals surface area (Å²) in [6, 6.07) is 15.4. The number of aromatic carboxylic acids is 1. The molecule has 0 fully saturated rings. The molecule has 3 heteroatoms. The van der Waals surface area contributed by atoms with Crippen LogP contribution in [0.25, 0.3) is 22.2 Å². The van der Waals surface area contributed by atoms with Gasteiger partial charge < -0.3 is 9.67 Å². The second kappa shape index (κ2) is 7.28. The van der Waals surface area contributed by atoms with E-state index < -0.39 is 5.97 Å². The van der Waals surface area contributed by atoms with E-state index in [0.717, 1.165) is 27.9 Å². The topological polar surface area (TPSA) is 42.2 Å². The number of allylic oxidation sites excluding steroid dienone is 5. The van der Waals surface area contributed by atoms with Crippen LogP contribution in [0, 0.1) is 6.92 Å². The van der Waals surface area contributed by atoms with Crippen LogP contribution < -0.4 is 0 Å². The summed E-state index contributed by atoms with van der Waals surface area (Å²) >= 11 is 0. The number of fused-ring (bicyclic) bond motifs is 1. The number of aromatic nitrogens is 1. The van der Waals surface area contributed by atoms with Crippen molar-refractivity contribution in [3.63, 3.8) is 0 Å². The molecule has 0 atom stereocenters. The maximum Gasteiger partial charge on any atom is 0.335 e. The van der Waals surface area contributed by atoms with Gasteiger partial charge in [-0.05, 0) is 55.8 Å². The molecule has 0 aliphatic heterocycles. The van der Waals surface area contributed by atoms with Gasteiger partial charge in [0.15, 0.2) is 0 Å². The predicted octanol–water partition coefficient (Wildman–Crippen LogP) is 5.78. The van der Waals surface area contributed by atoms with Gasteiger partial charge in [0.1, 0.15) is 0 Å². The Morgan fingerprint density at radius 3 is 2.65 bits per heavy atom. The molecule has 0 amide bonds. The fraction of sp³-hybridized carbons (Fsp3) is 0.0870. The zero-order valence-corrected chi connectivity index (χ0v) is 14.9. The zero-order chi connectivity index (χ0) is 18.7. The Bertz CT molecular complexity index is 1050. The number of nitrogens with zero attached hydrogens (tertiary/aromatic N) is 1. The molecule has 0 radical (unpaired) electrons. The first-order valence-corrected chi connectivity index (χ1v) is 8.46. The Morgan fingerprint density at radius 1 is 1.15 bits per heavy atom. The SMILES string of the molecule is C=C/C=C(\C=C/C)c1cc2cc(C)ccc2n1-c1cccc(C(=O)O)c1. The average molecular weight is 343 g/mol. The highest BCUT2D eigenvalue weighted by molar-refractivity contribution is 5.92. The first-order chi connectivity index (χ1) is 12.5. The standard InChI is InChI=1S/C23H21NO2/c1-4-7-17(8-5-2)22-15-19-13-16(3)11-12-21(19)24(22)20-10-6-9-18(14-20)23(25)26/h4-15H,1H2,2-3H3,(H,25,26)/b8-5-,17-7+. The molecule has 0 saturated carbocycles. The van der Waals surface area contributed by atoms with Crippen molar-refractivity contribution >= 4 is 22.4 Å². The van der Waals surface area contributed by atoms with Gasteiger partial charge in [0.25, 0.3) is 0 Å². The molecular formula is C23H21NO2. The van der Waals surface area contributed by atoms with Gasteiger partial charge in [-0.3, -0.25) is 0 Å². The molecular weight excluding hydrogens is 322 g/mol. The van der Waals surface area contributed by atoms with Crippen LogP contribution in [0.15, 0.2) is 79.4 Å². The van der Waals surface area contributed by atoms with Gasteiger partial charge in [0, 0.05) is 11.1 Å². The number of aryl methyl sites for hydroxylation is 1. The lowest BCUT2D eigenvalue weighted by Gasteiger charge is -2.12. The van der Waals surface area contributed by atoms with Gasteiger partial charge in [0.05, 0.1) is 16.8 Å². The summed E-state index contributed by atoms with van der Waals surface area (Å²) in [6.07, 6.45) is 7.73. The first-order valence-electron chi connectivity index (χ1n) is 8.46. The number of rotatable bonds is 5. The van der Waals surface area contributed by atoms with Crippen molar-refractivity contribution in [1.82, 2.24) is 4.57 Å². The minimum atomic E-state index is -0.934. The van der Waals surface area contributed by atoms with Crippen LogP contribution in [0.4, 0.5) is 0 Å². The van der Waals surface area contributed by atoms with E-state index in [1.165, 1.54) is 5.56 Å². The fourth-order valence-electron chi connectivity index (χ4n) is 3.14. The molecule has 3 aromatic rings. The summed E-state index contributed by atoms with van der Waals surface area (Å²) in [4.78, 5) is 11.4. The third-order valence-corrected chi connectivity index (χ3v) is 4.25. The molecule has 0 spiro atoms. The van der Waals surface area contributed by atoms with Gasteiger partial charge in [0.2, 0.25) is 0 Å². The van der Waals surface area contributed by atoms with E-state index in [1.807, 2.05) is 31.2 Å². The molecule has 2 aromatic carbocycles. The maximum atomic E-state index is 11.4. The van der Waals surface area contributed by atoms with Gasteiger partial charge in [-0.2, -0.15) is 0 Å². The first kappa shape index (κ1) is 17.5. The highest BCUT2D eigenvalue weighted by Crippen LogP contribution is 2.30. The quantitative estimate of drug-likeness (QED) is 0.596. The second-order valence-electron chi connectivity index (χ2n) is 6.14. The highest BCUT2D eigenvalue weighted by Gasteiger charge is 2.14. The summed E-state index contributed by atoms with van der Waals surface area (Å²) in [5.74, 6) is -0.934. The van der Waals surface area contributed by atoms with Crippen LogP contribution in [0.3, 0.4) is 0 Å². The lowest BCUT2D eigenvalue weighted by atomic mass is 10.1. The number of hydrogen-bond acceptors (Lipinski definition) is 1. The van der Waals surface area contributed by atoms with Crippen LogP contribution in [0.1, 0.15) is 28.5 Å². The zero-order valence-electron chi connectivity index (χ0n) is 14.9. The lowest BCUT2D eigenvalue weighted by Crippen LogP contribution is -2.02. The van der Waals surface area contributed by atoms with Crippen molar-refractivity contribution in [2.45, 2.75) is 13.8 Å². The molecule has 0 bridgehead atoms. The highest BCUT2D eigenvalue weighted by atomic mass is 16.4. The molecule has 1 aromatic heterocycles. The van der Waals surface area contributed by atoms with Crippen LogP contribution in [-0.2, 0) is 0 Å². The van der Waals surface area contributed by atoms with Crippen molar-refractivity contribution in [2.75, 3.05) is 0 Å². The predicted molar refractivity (Wildman–Crippen MR) is 108 cm³/mol. The Labute approximate surface area is 153 Å². The molecule has 3 nitrogen and oxygen atoms in total. The van der Waals surface area contributed by atoms with E-state index >= 15 is 0 Å². The molecule has 1 heterocycles. The number of carboxylic acids is 1. The molecule has 0 saturated heterocycles. The third-order valence-electron chi connectivity index (χ3n) is 4.25. The van der Waals surface area contributed by atoms with Gasteiger partial charge >= 0.3 is 5.97 Å². The van der Waals surface area contributed by atoms with Crippen molar-refractivity contribution in [1.29, 1.82) is 0 Å². The lowest BCUT2D eigenvalue weighted by molar-refractivity contribution is 0.0697. The minimum absolute atomic E-state index is 0.266. The molecule has 130 valence electrons. The maximum absolute atomic E-state index is 11.4. The van der Waals surface area contributed by atoms with Gasteiger partial charge in [-0.25, -0.2) is 4.79 Å². The van der Waals surface area contributed by atoms with Crippen LogP contribution in [0.5, 0.6) is 0 Å². The number of benzene rings is 2. The molecule has 1 N–H and O–H groups in total. The Kier molecular flexibility index (Phi) is 4.90. The normalized spacial score (nSPS) is 12.0. The van der Waals surface area contributed by atoms with Crippen LogP contribution >= 0.6 is 0 Å². The van der Waals surface area contributed by atoms with Crippen LogP contribution in [-0.4, -0.2) is 15.6 Å². The summed E-state index contributed by atoms with van der Waals surface area (Å²) in [5, 5.41) is 10.5. The molecule has 0 unspecified atom stereocenters. The Balaban J connectivity index is 2.36. The van der Waals surface area contributed by atoms with E-state index in [9.17, 15) is 9.90 Å². The average Bonchev–Trinajstić information content (AvgIpc) is 3.00. The number of hydrogen-bond donors (Lipinski definition) is 1. The van der Waals surface area contributed by atoms with Crippen molar-refractivity contribution < 1.29 is 9.90 Å². The van der Waals surface area contributed by atoms with E-state index in [-0.39, 0.29) is 5.56 Å². The monoisotopic (exact) mass is 343 g/mol. The Morgan fingerprint density at radius 2 is 1.96 bits per heavy atom. The van der Waals surface area contributed by atoms with Crippen LogP contribution in [0.2, 0.25) is 0 Å². The number of carbonyl (C=O) groups is 1. The number of carboxylic acid groups (broad SMARTS) is 1. The summed E-state index contributed by atoms with van der Waals surface area (Å²) in [6.45, 7) is 7.85. The summed E-state index contributed by atoms with van der Waals surface area (Å²) in [7, 11) is 0. The molecule has 0 aliphatic rings. The van der Waals surface area contributed by atoms with E-state index in [4.69, 9.17) is 0 Å². The fourth-order valence-corrected chi connectivity index (χ4v) is 3.14. The largest absolute Gasteiger partial charge is 0.478 e. The van der Waals surface area contributed by atoms with Gasteiger partial charge in [-0.15, -0.1) is 0 Å². The second-order valence-corrected chi connectivity index (χ2v) is 6.14. The van der Waals surface area contributed by atoms with Gasteiger partial charge in [-0.1, -0.05) is 48.6 Å². The van der Waals surface area contributed by atoms with Crippen molar-refractivity contribution in [3.8, 4) is 5.69 Å². The molecule has 3 rings (SSSR count). The minimum Gasteiger partial charge on any atom is -0.478 e. The van der Waals surface area contributed by atoms with E-state index in [0.29, 0.717) is 0 Å². The summed E-state index contributed by atoms with van der Waals surface area (Å²) < 4.78 is 2.09. The molecule has 26 heavy (non-hydrogen) atoms. The Hall–Kier alpha value is -3.33. The smallest absolute Gasteiger partial charge is 0.335 e. The van der Waals surface area contributed by atoms with E-state index in [1.54, 1.807) is 24.3 Å². The van der Waals surface area contributed by atoms with E-state index in [2.05, 4.69) is 42.3 Å². The third kappa shape index (κ3) is 3.24. The van der Waals surface area contributed by atoms with Crippen molar-refractivity contribution in [3.05, 3.63) is 96.2 Å². The van der Waals surface area contributed by atoms with Crippen molar-refractivity contribution in [2.24, 2.45) is 0 Å².